The van der Waals surface area contributed by atoms with Crippen molar-refractivity contribution < 1.29 is 9.53 Å². The molecule has 0 bridgehead atoms. The zero-order valence-corrected chi connectivity index (χ0v) is 12.5. The fourth-order valence-corrected chi connectivity index (χ4v) is 3.32. The molecule has 0 aromatic carbocycles. The molecular weight excluding hydrogens is 254 g/mol. The molecule has 0 amide bonds. The van der Waals surface area contributed by atoms with E-state index >= 15 is 0 Å². The Labute approximate surface area is 121 Å². The molecule has 5 nitrogen and oxygen atoms in total. The first-order valence-electron chi connectivity index (χ1n) is 8.06. The van der Waals surface area contributed by atoms with Gasteiger partial charge in [0.1, 0.15) is 5.54 Å². The van der Waals surface area contributed by atoms with Crippen LogP contribution in [-0.4, -0.2) is 66.7 Å². The monoisotopic (exact) mass is 281 g/mol. The van der Waals surface area contributed by atoms with Crippen LogP contribution in [0.2, 0.25) is 0 Å². The fraction of sp³-hybridized carbons (Fsp3) is 0.933. The Balaban J connectivity index is 1.55. The number of hydrogen-bond acceptors (Lipinski definition) is 5. The lowest BCUT2D eigenvalue weighted by molar-refractivity contribution is -0.151. The molecule has 5 heteroatoms. The van der Waals surface area contributed by atoms with Gasteiger partial charge in [-0.25, -0.2) is 4.79 Å². The number of piperazine rings is 1. The number of nitrogens with zero attached hydrogens (tertiary/aromatic N) is 2. The first-order valence-corrected chi connectivity index (χ1v) is 8.06. The van der Waals surface area contributed by atoms with Crippen LogP contribution in [0.4, 0.5) is 0 Å². The lowest BCUT2D eigenvalue weighted by atomic mass is 9.93. The van der Waals surface area contributed by atoms with Crippen LogP contribution in [0, 0.1) is 5.92 Å². The molecule has 1 saturated heterocycles. The minimum Gasteiger partial charge on any atom is -0.465 e. The van der Waals surface area contributed by atoms with Gasteiger partial charge in [-0.15, -0.1) is 0 Å². The summed E-state index contributed by atoms with van der Waals surface area (Å²) < 4.78 is 5.22. The van der Waals surface area contributed by atoms with Gasteiger partial charge in [-0.05, 0) is 38.5 Å². The van der Waals surface area contributed by atoms with E-state index in [2.05, 4.69) is 9.80 Å². The van der Waals surface area contributed by atoms with Crippen LogP contribution in [0.3, 0.4) is 0 Å². The van der Waals surface area contributed by atoms with Crippen molar-refractivity contribution in [1.29, 1.82) is 0 Å². The molecule has 1 aliphatic heterocycles. The highest BCUT2D eigenvalue weighted by Crippen LogP contribution is 2.39. The summed E-state index contributed by atoms with van der Waals surface area (Å²) in [5, 5.41) is 0. The smallest absolute Gasteiger partial charge is 0.327 e. The van der Waals surface area contributed by atoms with Crippen LogP contribution < -0.4 is 5.73 Å². The van der Waals surface area contributed by atoms with Crippen LogP contribution >= 0.6 is 0 Å². The molecule has 3 rings (SSSR count). The van der Waals surface area contributed by atoms with E-state index in [9.17, 15) is 4.79 Å². The highest BCUT2D eigenvalue weighted by atomic mass is 16.5. The van der Waals surface area contributed by atoms with E-state index in [1.807, 2.05) is 6.92 Å². The van der Waals surface area contributed by atoms with Crippen LogP contribution in [0.5, 0.6) is 0 Å². The van der Waals surface area contributed by atoms with Crippen molar-refractivity contribution in [1.82, 2.24) is 9.80 Å². The highest BCUT2D eigenvalue weighted by molar-refractivity contribution is 5.82. The Kier molecular flexibility index (Phi) is 4.02. The average Bonchev–Trinajstić information content (AvgIpc) is 3.31. The predicted molar refractivity (Wildman–Crippen MR) is 77.3 cm³/mol. The van der Waals surface area contributed by atoms with E-state index < -0.39 is 5.54 Å². The quantitative estimate of drug-likeness (QED) is 0.716. The van der Waals surface area contributed by atoms with Crippen LogP contribution in [0.25, 0.3) is 0 Å². The van der Waals surface area contributed by atoms with Crippen molar-refractivity contribution in [2.45, 2.75) is 44.2 Å². The highest BCUT2D eigenvalue weighted by Gasteiger charge is 2.50. The van der Waals surface area contributed by atoms with Crippen molar-refractivity contribution in [2.75, 3.05) is 39.3 Å². The Morgan fingerprint density at radius 3 is 2.35 bits per heavy atom. The minimum absolute atomic E-state index is 0.202. The Bertz CT molecular complexity index is 360. The summed E-state index contributed by atoms with van der Waals surface area (Å²) >= 11 is 0. The predicted octanol–water partition coefficient (Wildman–Crippen LogP) is 0.437. The molecule has 1 unspecified atom stereocenters. The minimum atomic E-state index is -0.780. The SMILES string of the molecule is CCOC(=O)C(N)(CN1CCN(C2CC2)CC1)C1CC1. The van der Waals surface area contributed by atoms with Crippen molar-refractivity contribution in [2.24, 2.45) is 11.7 Å². The van der Waals surface area contributed by atoms with E-state index in [0.29, 0.717) is 19.1 Å². The molecule has 114 valence electrons. The van der Waals surface area contributed by atoms with Gasteiger partial charge in [-0.2, -0.15) is 0 Å². The molecule has 1 atom stereocenters. The van der Waals surface area contributed by atoms with Crippen LogP contribution in [-0.2, 0) is 9.53 Å². The summed E-state index contributed by atoms with van der Waals surface area (Å²) in [6, 6.07) is 0.841. The van der Waals surface area contributed by atoms with Crippen LogP contribution in [0.1, 0.15) is 32.6 Å². The number of carbonyl (C=O) groups excluding carboxylic acids is 1. The second-order valence-corrected chi connectivity index (χ2v) is 6.58. The largest absolute Gasteiger partial charge is 0.465 e. The summed E-state index contributed by atoms with van der Waals surface area (Å²) in [6.07, 6.45) is 4.87. The molecule has 20 heavy (non-hydrogen) atoms. The molecule has 0 aromatic heterocycles. The third-order valence-corrected chi connectivity index (χ3v) is 4.92. The second kappa shape index (κ2) is 5.62. The maximum absolute atomic E-state index is 12.2. The number of nitrogens with two attached hydrogens (primary N) is 1. The van der Waals surface area contributed by atoms with E-state index in [4.69, 9.17) is 10.5 Å². The number of carbonyl (C=O) groups is 1. The van der Waals surface area contributed by atoms with Gasteiger partial charge in [0, 0.05) is 38.8 Å². The topological polar surface area (TPSA) is 58.8 Å². The van der Waals surface area contributed by atoms with Crippen molar-refractivity contribution in [3.63, 3.8) is 0 Å². The van der Waals surface area contributed by atoms with Gasteiger partial charge >= 0.3 is 5.97 Å². The molecule has 0 aromatic rings. The summed E-state index contributed by atoms with van der Waals surface area (Å²) in [5.41, 5.74) is 5.66. The maximum atomic E-state index is 12.2. The average molecular weight is 281 g/mol. The first kappa shape index (κ1) is 14.3. The zero-order valence-electron chi connectivity index (χ0n) is 12.5. The Hall–Kier alpha value is -0.650. The zero-order chi connectivity index (χ0) is 14.2. The van der Waals surface area contributed by atoms with Gasteiger partial charge in [0.15, 0.2) is 0 Å². The number of esters is 1. The third-order valence-electron chi connectivity index (χ3n) is 4.92. The number of ether oxygens (including phenoxy) is 1. The first-order chi connectivity index (χ1) is 9.63. The Morgan fingerprint density at radius 2 is 1.85 bits per heavy atom. The van der Waals surface area contributed by atoms with Crippen LogP contribution in [0.15, 0.2) is 0 Å². The van der Waals surface area contributed by atoms with Gasteiger partial charge < -0.3 is 10.5 Å². The Morgan fingerprint density at radius 1 is 1.20 bits per heavy atom. The third kappa shape index (κ3) is 3.00. The lowest BCUT2D eigenvalue weighted by Crippen LogP contribution is -2.61. The molecule has 2 N–H and O–H groups in total. The second-order valence-electron chi connectivity index (χ2n) is 6.58. The molecule has 1 heterocycles. The van der Waals surface area contributed by atoms with Gasteiger partial charge in [-0.3, -0.25) is 9.80 Å². The van der Waals surface area contributed by atoms with Gasteiger partial charge in [0.2, 0.25) is 0 Å². The van der Waals surface area contributed by atoms with E-state index in [1.165, 1.54) is 12.8 Å². The summed E-state index contributed by atoms with van der Waals surface area (Å²) in [4.78, 5) is 17.2. The molecule has 3 fully saturated rings. The van der Waals surface area contributed by atoms with E-state index in [-0.39, 0.29) is 5.97 Å². The molecule has 2 aliphatic carbocycles. The van der Waals surface area contributed by atoms with E-state index in [1.54, 1.807) is 0 Å². The molecule has 0 spiro atoms. The van der Waals surface area contributed by atoms with Gasteiger partial charge in [-0.1, -0.05) is 0 Å². The van der Waals surface area contributed by atoms with Crippen molar-refractivity contribution >= 4 is 5.97 Å². The number of rotatable bonds is 6. The maximum Gasteiger partial charge on any atom is 0.327 e. The summed E-state index contributed by atoms with van der Waals surface area (Å²) in [5.74, 6) is 0.120. The number of hydrogen-bond donors (Lipinski definition) is 1. The van der Waals surface area contributed by atoms with Crippen molar-refractivity contribution in [3.05, 3.63) is 0 Å². The van der Waals surface area contributed by atoms with Crippen molar-refractivity contribution in [3.8, 4) is 0 Å². The summed E-state index contributed by atoms with van der Waals surface area (Å²) in [6.45, 7) is 7.22. The van der Waals surface area contributed by atoms with Gasteiger partial charge in [0.05, 0.1) is 6.61 Å². The fourth-order valence-electron chi connectivity index (χ4n) is 3.32. The molecular formula is C15H27N3O2. The lowest BCUT2D eigenvalue weighted by Gasteiger charge is -2.39. The molecule has 2 saturated carbocycles. The van der Waals surface area contributed by atoms with E-state index in [0.717, 1.165) is 45.1 Å². The molecule has 0 radical (unpaired) electrons. The standard InChI is InChI=1S/C15H27N3O2/c1-2-20-14(19)15(16,12-3-4-12)11-17-7-9-18(10-8-17)13-5-6-13/h12-13H,2-11,16H2,1H3. The summed E-state index contributed by atoms with van der Waals surface area (Å²) in [7, 11) is 0. The van der Waals surface area contributed by atoms with Gasteiger partial charge in [0.25, 0.3) is 0 Å². The molecule has 3 aliphatic rings. The normalized spacial score (nSPS) is 28.1.